The summed E-state index contributed by atoms with van der Waals surface area (Å²) in [7, 11) is 1.23. The Kier molecular flexibility index (Phi) is 12.3. The Bertz CT molecular complexity index is 931. The molecule has 0 aromatic rings. The third kappa shape index (κ3) is 8.37. The van der Waals surface area contributed by atoms with Crippen molar-refractivity contribution in [2.24, 2.45) is 0 Å². The number of carbonyl (C=O) groups excluding carboxylic acids is 4. The number of carboxylic acid groups (broad SMARTS) is 2. The van der Waals surface area contributed by atoms with Crippen molar-refractivity contribution in [1.82, 2.24) is 5.32 Å². The lowest BCUT2D eigenvalue weighted by Gasteiger charge is -2.45. The minimum Gasteiger partial charge on any atom is -0.477 e. The number of carbonyl (C=O) groups is 6. The highest BCUT2D eigenvalue weighted by Crippen LogP contribution is 2.45. The van der Waals surface area contributed by atoms with E-state index in [0.29, 0.717) is 12.8 Å². The molecule has 1 heterocycles. The molecule has 12 nitrogen and oxygen atoms in total. The molecule has 0 aromatic carbocycles. The Morgan fingerprint density at radius 2 is 1.66 bits per heavy atom. The largest absolute Gasteiger partial charge is 0.522 e. The van der Waals surface area contributed by atoms with Gasteiger partial charge in [-0.1, -0.05) is 6.08 Å². The van der Waals surface area contributed by atoms with Crippen molar-refractivity contribution in [1.29, 1.82) is 0 Å². The molecule has 3 N–H and O–H groups in total. The topological polar surface area (TPSA) is 173 Å². The molecule has 3 atom stereocenters. The number of carboxylic acids is 1. The predicted molar refractivity (Wildman–Crippen MR) is 137 cm³/mol. The van der Waals surface area contributed by atoms with E-state index in [4.69, 9.17) is 4.74 Å². The molecule has 1 aliphatic heterocycles. The van der Waals surface area contributed by atoms with E-state index in [2.05, 4.69) is 16.6 Å². The third-order valence-electron chi connectivity index (χ3n) is 6.21. The number of hydrogen-bond acceptors (Lipinski definition) is 8. The van der Waals surface area contributed by atoms with Gasteiger partial charge in [0.2, 0.25) is 5.54 Å². The average molecular weight is 544 g/mol. The SMILES string of the molecule is C=CCCC(=O)CCC(NC(=O)OC(C)(C)C)C(=O)OC.CC(C)(C)[N@@+]1(C(=O)O)C(=O)CC[C@@]1(C)C(=O)O. The summed E-state index contributed by atoms with van der Waals surface area (Å²) in [4.78, 5) is 69.9. The fourth-order valence-electron chi connectivity index (χ4n) is 4.46. The van der Waals surface area contributed by atoms with Gasteiger partial charge < -0.3 is 25.0 Å². The van der Waals surface area contributed by atoms with Crippen molar-refractivity contribution in [2.75, 3.05) is 7.11 Å². The monoisotopic (exact) mass is 543 g/mol. The predicted octanol–water partition coefficient (Wildman–Crippen LogP) is 3.81. The van der Waals surface area contributed by atoms with Crippen molar-refractivity contribution in [3.05, 3.63) is 12.7 Å². The van der Waals surface area contributed by atoms with E-state index in [9.17, 15) is 39.0 Å². The minimum absolute atomic E-state index is 0.00907. The average Bonchev–Trinajstić information content (AvgIpc) is 3.06. The van der Waals surface area contributed by atoms with Gasteiger partial charge in [0.15, 0.2) is 0 Å². The maximum Gasteiger partial charge on any atom is 0.522 e. The van der Waals surface area contributed by atoms with Gasteiger partial charge in [-0.15, -0.1) is 11.1 Å². The fourth-order valence-corrected chi connectivity index (χ4v) is 4.46. The number of imide groups is 1. The number of nitrogens with one attached hydrogen (secondary N) is 1. The van der Waals surface area contributed by atoms with Gasteiger partial charge in [-0.25, -0.2) is 19.2 Å². The van der Waals surface area contributed by atoms with Gasteiger partial charge in [0.25, 0.3) is 0 Å². The molecule has 1 unspecified atom stereocenters. The number of esters is 1. The molecule has 12 heteroatoms. The maximum absolute atomic E-state index is 12.0. The molecular weight excluding hydrogens is 500 g/mol. The first-order valence-corrected chi connectivity index (χ1v) is 12.3. The van der Waals surface area contributed by atoms with E-state index < -0.39 is 57.2 Å². The number of Topliss-reactive ketones (excluding diaryl/α,β-unsaturated/α-hetero) is 1. The number of aliphatic carboxylic acids is 1. The number of hydrogen-bond donors (Lipinski definition) is 3. The van der Waals surface area contributed by atoms with Gasteiger partial charge in [0.05, 0.1) is 13.5 Å². The number of quaternary nitrogens is 1. The van der Waals surface area contributed by atoms with Gasteiger partial charge in [0.1, 0.15) is 23.0 Å². The Balaban J connectivity index is 0.000000735. The van der Waals surface area contributed by atoms with Crippen LogP contribution in [-0.2, 0) is 28.7 Å². The summed E-state index contributed by atoms with van der Waals surface area (Å²) in [6.07, 6.45) is 0.920. The maximum atomic E-state index is 12.0. The molecule has 1 rings (SSSR count). The molecule has 0 aromatic heterocycles. The van der Waals surface area contributed by atoms with Crippen molar-refractivity contribution in [3.63, 3.8) is 0 Å². The highest BCUT2D eigenvalue weighted by molar-refractivity contribution is 5.91. The van der Waals surface area contributed by atoms with Gasteiger partial charge in [0, 0.05) is 26.2 Å². The number of ketones is 1. The molecule has 0 aliphatic carbocycles. The van der Waals surface area contributed by atoms with Crippen LogP contribution in [0.15, 0.2) is 12.7 Å². The van der Waals surface area contributed by atoms with Gasteiger partial charge in [-0.05, 0) is 54.4 Å². The lowest BCUT2D eigenvalue weighted by atomic mass is 9.90. The van der Waals surface area contributed by atoms with Crippen LogP contribution < -0.4 is 5.32 Å². The van der Waals surface area contributed by atoms with Crippen LogP contribution in [0.25, 0.3) is 0 Å². The molecular formula is C26H43N2O10+. The van der Waals surface area contributed by atoms with E-state index in [1.807, 2.05) is 0 Å². The standard InChI is InChI=1S/C15H25NO5.C11H17NO5/c1-6-7-8-11(17)9-10-12(13(18)20-5)16-14(19)21-15(2,3)4;1-10(2,3)12(9(16)17)7(13)5-6-11(12,4)8(14)15/h6,12H,1,7-10H2,2-5H3,(H,16,19);5-6H2,1-4H3,(H-,14,15,16,17)/p+1/t;11-,12-/m.0/s1. The van der Waals surface area contributed by atoms with Gasteiger partial charge in [-0.2, -0.15) is 4.79 Å². The normalized spacial score (nSPS) is 21.8. The van der Waals surface area contributed by atoms with E-state index in [-0.39, 0.29) is 31.5 Å². The molecule has 0 bridgehead atoms. The van der Waals surface area contributed by atoms with Crippen LogP contribution in [0.5, 0.6) is 0 Å². The first-order valence-electron chi connectivity index (χ1n) is 12.3. The lowest BCUT2D eigenvalue weighted by molar-refractivity contribution is -0.863. The van der Waals surface area contributed by atoms with Crippen LogP contribution in [0, 0.1) is 0 Å². The smallest absolute Gasteiger partial charge is 0.477 e. The summed E-state index contributed by atoms with van der Waals surface area (Å²) >= 11 is 0. The second-order valence-corrected chi connectivity index (χ2v) is 11.2. The number of alkyl carbamates (subject to hydrolysis) is 1. The first kappa shape index (κ1) is 34.7. The molecule has 1 fully saturated rings. The number of rotatable bonds is 9. The summed E-state index contributed by atoms with van der Waals surface area (Å²) in [6.45, 7) is 14.8. The molecule has 3 amide bonds. The van der Waals surface area contributed by atoms with Gasteiger partial charge >= 0.3 is 30.0 Å². The van der Waals surface area contributed by atoms with Crippen molar-refractivity contribution in [2.45, 2.75) is 110 Å². The number of amides is 3. The molecule has 38 heavy (non-hydrogen) atoms. The van der Waals surface area contributed by atoms with E-state index in [1.54, 1.807) is 47.6 Å². The zero-order valence-electron chi connectivity index (χ0n) is 23.7. The molecule has 216 valence electrons. The second kappa shape index (κ2) is 13.5. The minimum atomic E-state index is -1.61. The third-order valence-corrected chi connectivity index (χ3v) is 6.21. The Labute approximate surface area is 223 Å². The Morgan fingerprint density at radius 3 is 2.03 bits per heavy atom. The summed E-state index contributed by atoms with van der Waals surface area (Å²) in [5.74, 6) is -2.39. The van der Waals surface area contributed by atoms with Crippen molar-refractivity contribution >= 4 is 35.8 Å². The zero-order chi connectivity index (χ0) is 30.1. The van der Waals surface area contributed by atoms with Crippen molar-refractivity contribution in [3.8, 4) is 0 Å². The zero-order valence-corrected chi connectivity index (χ0v) is 23.7. The quantitative estimate of drug-likeness (QED) is 0.220. The van der Waals surface area contributed by atoms with Crippen LogP contribution in [0.4, 0.5) is 9.59 Å². The molecule has 0 radical (unpaired) electrons. The lowest BCUT2D eigenvalue weighted by Crippen LogP contribution is -2.74. The van der Waals surface area contributed by atoms with Crippen LogP contribution in [0.1, 0.15) is 87.0 Å². The van der Waals surface area contributed by atoms with Crippen LogP contribution in [-0.4, -0.2) is 80.3 Å². The van der Waals surface area contributed by atoms with E-state index >= 15 is 0 Å². The Morgan fingerprint density at radius 1 is 1.11 bits per heavy atom. The summed E-state index contributed by atoms with van der Waals surface area (Å²) in [6, 6.07) is -0.891. The number of likely N-dealkylation sites (tertiary alicyclic amines) is 1. The summed E-state index contributed by atoms with van der Waals surface area (Å²) in [5, 5.41) is 21.2. The van der Waals surface area contributed by atoms with E-state index in [0.717, 1.165) is 0 Å². The summed E-state index contributed by atoms with van der Waals surface area (Å²) in [5.41, 5.74) is -3.28. The highest BCUT2D eigenvalue weighted by Gasteiger charge is 2.72. The second-order valence-electron chi connectivity index (χ2n) is 11.2. The number of allylic oxidation sites excluding steroid dienone is 1. The summed E-state index contributed by atoms with van der Waals surface area (Å²) < 4.78 is 8.65. The molecule has 1 saturated heterocycles. The molecule has 0 spiro atoms. The van der Waals surface area contributed by atoms with Gasteiger partial charge in [-0.3, -0.25) is 4.79 Å². The molecule has 0 saturated carbocycles. The number of ether oxygens (including phenoxy) is 2. The van der Waals surface area contributed by atoms with Crippen molar-refractivity contribution < 1.29 is 52.9 Å². The van der Waals surface area contributed by atoms with Crippen LogP contribution in [0.2, 0.25) is 0 Å². The highest BCUT2D eigenvalue weighted by atomic mass is 16.6. The van der Waals surface area contributed by atoms with Crippen LogP contribution in [0.3, 0.4) is 0 Å². The number of methoxy groups -OCH3 is 1. The number of nitrogens with zero attached hydrogens (tertiary/aromatic N) is 1. The molecule has 1 aliphatic rings. The van der Waals surface area contributed by atoms with Crippen LogP contribution >= 0.6 is 0 Å². The fraction of sp³-hybridized carbons (Fsp3) is 0.692. The van der Waals surface area contributed by atoms with E-state index in [1.165, 1.54) is 14.0 Å². The first-order chi connectivity index (χ1) is 17.2. The Hall–Kier alpha value is -3.28.